The summed E-state index contributed by atoms with van der Waals surface area (Å²) in [6.45, 7) is 1.00. The summed E-state index contributed by atoms with van der Waals surface area (Å²) in [6, 6.07) is 10.8. The molecule has 0 fully saturated rings. The summed E-state index contributed by atoms with van der Waals surface area (Å²) in [4.78, 5) is 0. The van der Waals surface area contributed by atoms with Gasteiger partial charge in [0.05, 0.1) is 12.2 Å². The molecule has 3 rings (SSSR count). The Hall–Kier alpha value is -2.78. The van der Waals surface area contributed by atoms with Crippen LogP contribution in [0, 0.1) is 19.7 Å². The zero-order chi connectivity index (χ0) is 21.8. The van der Waals surface area contributed by atoms with Crippen LogP contribution in [0.15, 0.2) is 42.5 Å². The minimum atomic E-state index is -2.95. The van der Waals surface area contributed by atoms with Crippen LogP contribution in [-0.4, -0.2) is 21.5 Å². The Bertz CT molecular complexity index is 1070. The van der Waals surface area contributed by atoms with E-state index in [0.29, 0.717) is 28.6 Å². The maximum atomic E-state index is 13.2. The van der Waals surface area contributed by atoms with Crippen LogP contribution in [-0.2, 0) is 6.54 Å². The Kier molecular flexibility index (Phi) is 6.84. The van der Waals surface area contributed by atoms with Crippen LogP contribution in [0.1, 0.15) is 16.8 Å². The number of thiocarbonyl (C=S) groups is 1. The van der Waals surface area contributed by atoms with Crippen LogP contribution in [0.4, 0.5) is 24.7 Å². The predicted octanol–water partition coefficient (Wildman–Crippen LogP) is 5.75. The first kappa shape index (κ1) is 21.9. The summed E-state index contributed by atoms with van der Waals surface area (Å²) in [7, 11) is 0. The highest BCUT2D eigenvalue weighted by molar-refractivity contribution is 7.80. The van der Waals surface area contributed by atoms with E-state index in [9.17, 15) is 13.2 Å². The zero-order valence-corrected chi connectivity index (χ0v) is 17.6. The van der Waals surface area contributed by atoms with E-state index >= 15 is 0 Å². The summed E-state index contributed by atoms with van der Waals surface area (Å²) < 4.78 is 44.8. The van der Waals surface area contributed by atoms with E-state index in [4.69, 9.17) is 23.8 Å². The smallest absolute Gasteiger partial charge is 0.387 e. The molecule has 1 aromatic heterocycles. The fourth-order valence-corrected chi connectivity index (χ4v) is 3.18. The van der Waals surface area contributed by atoms with Gasteiger partial charge in [-0.15, -0.1) is 0 Å². The molecule has 0 radical (unpaired) electrons. The first-order valence-corrected chi connectivity index (χ1v) is 9.61. The summed E-state index contributed by atoms with van der Waals surface area (Å²) in [5.41, 5.74) is 2.60. The zero-order valence-electron chi connectivity index (χ0n) is 16.0. The molecule has 1 heterocycles. The number of hydrogen-bond acceptors (Lipinski definition) is 3. The van der Waals surface area contributed by atoms with Crippen LogP contribution >= 0.6 is 23.8 Å². The molecule has 0 bridgehead atoms. The Morgan fingerprint density at radius 3 is 2.63 bits per heavy atom. The molecule has 0 aliphatic rings. The quantitative estimate of drug-likeness (QED) is 0.464. The topological polar surface area (TPSA) is 51.1 Å². The van der Waals surface area contributed by atoms with E-state index in [1.165, 1.54) is 18.2 Å². The molecule has 10 heteroatoms. The van der Waals surface area contributed by atoms with E-state index in [0.717, 1.165) is 11.3 Å². The molecule has 0 saturated heterocycles. The van der Waals surface area contributed by atoms with Gasteiger partial charge in [0.1, 0.15) is 11.6 Å². The Balaban J connectivity index is 1.70. The minimum Gasteiger partial charge on any atom is -0.433 e. The van der Waals surface area contributed by atoms with E-state index in [-0.39, 0.29) is 10.9 Å². The lowest BCUT2D eigenvalue weighted by molar-refractivity contribution is -0.0493. The summed E-state index contributed by atoms with van der Waals surface area (Å²) >= 11 is 11.3. The summed E-state index contributed by atoms with van der Waals surface area (Å²) in [6.07, 6.45) is 0. The normalized spacial score (nSPS) is 10.9. The van der Waals surface area contributed by atoms with Gasteiger partial charge in [0.15, 0.2) is 10.9 Å². The van der Waals surface area contributed by atoms with Gasteiger partial charge in [0, 0.05) is 16.8 Å². The molecule has 0 aliphatic heterocycles. The fraction of sp³-hybridized carbons (Fsp3) is 0.200. The van der Waals surface area contributed by atoms with Gasteiger partial charge in [-0.1, -0.05) is 23.7 Å². The number of alkyl halides is 2. The second kappa shape index (κ2) is 9.36. The van der Waals surface area contributed by atoms with Gasteiger partial charge in [0.25, 0.3) is 0 Å². The number of benzene rings is 2. The number of rotatable bonds is 6. The second-order valence-corrected chi connectivity index (χ2v) is 7.34. The number of nitrogens with zero attached hydrogens (tertiary/aromatic N) is 2. The number of nitrogens with one attached hydrogen (secondary N) is 2. The van der Waals surface area contributed by atoms with Crippen molar-refractivity contribution in [2.45, 2.75) is 27.0 Å². The number of aryl methyl sites for hydroxylation is 2. The number of aromatic nitrogens is 2. The maximum absolute atomic E-state index is 13.2. The van der Waals surface area contributed by atoms with Crippen molar-refractivity contribution < 1.29 is 17.9 Å². The van der Waals surface area contributed by atoms with E-state index in [1.54, 1.807) is 35.9 Å². The molecule has 158 valence electrons. The second-order valence-electron chi connectivity index (χ2n) is 6.52. The van der Waals surface area contributed by atoms with Gasteiger partial charge in [-0.2, -0.15) is 13.9 Å². The van der Waals surface area contributed by atoms with Crippen molar-refractivity contribution >= 4 is 40.4 Å². The maximum Gasteiger partial charge on any atom is 0.387 e. The lowest BCUT2D eigenvalue weighted by Crippen LogP contribution is -2.20. The number of anilines is 2. The van der Waals surface area contributed by atoms with Crippen LogP contribution in [0.3, 0.4) is 0 Å². The number of ether oxygens (including phenoxy) is 1. The molecule has 2 N–H and O–H groups in total. The first-order chi connectivity index (χ1) is 14.2. The molecule has 30 heavy (non-hydrogen) atoms. The Morgan fingerprint density at radius 2 is 1.93 bits per heavy atom. The highest BCUT2D eigenvalue weighted by atomic mass is 35.5. The predicted molar refractivity (Wildman–Crippen MR) is 115 cm³/mol. The standard InChI is InChI=1S/C20H18ClF3N4OS/c1-11-3-6-16(17(7-11)29-19(23)24)25-20(30)26-18-8-12(2)28(27-18)10-13-4-5-14(22)9-15(13)21/h3-9,19H,10H2,1-2H3,(H2,25,26,27,30). The monoisotopic (exact) mass is 454 g/mol. The number of hydrogen-bond donors (Lipinski definition) is 2. The third kappa shape index (κ3) is 5.64. The van der Waals surface area contributed by atoms with Gasteiger partial charge < -0.3 is 15.4 Å². The third-order valence-electron chi connectivity index (χ3n) is 4.16. The Morgan fingerprint density at radius 1 is 1.17 bits per heavy atom. The molecule has 5 nitrogen and oxygen atoms in total. The highest BCUT2D eigenvalue weighted by Gasteiger charge is 2.13. The Labute approximate surface area is 181 Å². The number of halogens is 4. The molecule has 0 unspecified atom stereocenters. The average molecular weight is 455 g/mol. The molecular formula is C20H18ClF3N4OS. The molecule has 0 amide bonds. The van der Waals surface area contributed by atoms with Crippen molar-refractivity contribution in [3.05, 3.63) is 70.1 Å². The van der Waals surface area contributed by atoms with Crippen molar-refractivity contribution in [1.29, 1.82) is 0 Å². The molecule has 0 saturated carbocycles. The van der Waals surface area contributed by atoms with E-state index in [1.807, 2.05) is 6.92 Å². The summed E-state index contributed by atoms with van der Waals surface area (Å²) in [5.74, 6) is 0.0273. The van der Waals surface area contributed by atoms with E-state index < -0.39 is 12.4 Å². The fourth-order valence-electron chi connectivity index (χ4n) is 2.74. The average Bonchev–Trinajstić information content (AvgIpc) is 2.98. The highest BCUT2D eigenvalue weighted by Crippen LogP contribution is 2.27. The summed E-state index contributed by atoms with van der Waals surface area (Å²) in [5, 5.41) is 10.6. The van der Waals surface area contributed by atoms with Gasteiger partial charge in [-0.25, -0.2) is 4.39 Å². The molecule has 0 atom stereocenters. The first-order valence-electron chi connectivity index (χ1n) is 8.83. The molecule has 2 aromatic carbocycles. The molecular weight excluding hydrogens is 437 g/mol. The van der Waals surface area contributed by atoms with Gasteiger partial charge in [0.2, 0.25) is 0 Å². The van der Waals surface area contributed by atoms with Crippen LogP contribution in [0.2, 0.25) is 5.02 Å². The largest absolute Gasteiger partial charge is 0.433 e. The van der Waals surface area contributed by atoms with Crippen LogP contribution in [0.5, 0.6) is 5.75 Å². The third-order valence-corrected chi connectivity index (χ3v) is 4.72. The van der Waals surface area contributed by atoms with Gasteiger partial charge >= 0.3 is 6.61 Å². The van der Waals surface area contributed by atoms with E-state index in [2.05, 4.69) is 20.5 Å². The van der Waals surface area contributed by atoms with Crippen molar-refractivity contribution in [2.24, 2.45) is 0 Å². The van der Waals surface area contributed by atoms with Crippen LogP contribution in [0.25, 0.3) is 0 Å². The van der Waals surface area contributed by atoms with Gasteiger partial charge in [-0.05, 0) is 61.5 Å². The van der Waals surface area contributed by atoms with Crippen molar-refractivity contribution in [1.82, 2.24) is 9.78 Å². The SMILES string of the molecule is Cc1ccc(NC(=S)Nc2cc(C)n(Cc3ccc(F)cc3Cl)n2)c(OC(F)F)c1. The molecule has 0 spiro atoms. The van der Waals surface area contributed by atoms with Crippen molar-refractivity contribution in [3.63, 3.8) is 0 Å². The molecule has 0 aliphatic carbocycles. The van der Waals surface area contributed by atoms with Crippen molar-refractivity contribution in [2.75, 3.05) is 10.6 Å². The van der Waals surface area contributed by atoms with Crippen LogP contribution < -0.4 is 15.4 Å². The van der Waals surface area contributed by atoms with Crippen molar-refractivity contribution in [3.8, 4) is 5.75 Å². The minimum absolute atomic E-state index is 0.0122. The molecule has 3 aromatic rings. The lowest BCUT2D eigenvalue weighted by atomic mass is 10.2. The van der Waals surface area contributed by atoms with Gasteiger partial charge in [-0.3, -0.25) is 4.68 Å². The lowest BCUT2D eigenvalue weighted by Gasteiger charge is -2.14.